The third kappa shape index (κ3) is 9.46. The van der Waals surface area contributed by atoms with Gasteiger partial charge in [-0.05, 0) is 39.0 Å². The van der Waals surface area contributed by atoms with Gasteiger partial charge in [0.2, 0.25) is 0 Å². The predicted octanol–water partition coefficient (Wildman–Crippen LogP) is 2.97. The van der Waals surface area contributed by atoms with Crippen LogP contribution in [0.4, 0.5) is 0 Å². The predicted molar refractivity (Wildman–Crippen MR) is 59.3 cm³/mol. The number of hydrogen-bond donors (Lipinski definition) is 0. The molecule has 14 heavy (non-hydrogen) atoms. The molecule has 0 saturated heterocycles. The minimum atomic E-state index is 0.237. The van der Waals surface area contributed by atoms with E-state index < -0.39 is 0 Å². The van der Waals surface area contributed by atoms with Crippen LogP contribution in [-0.4, -0.2) is 19.5 Å². The second-order valence-electron chi connectivity index (χ2n) is 3.99. The first-order valence-electron chi connectivity index (χ1n) is 5.31. The van der Waals surface area contributed by atoms with Crippen molar-refractivity contribution in [3.63, 3.8) is 0 Å². The number of aldehydes is 1. The highest BCUT2D eigenvalue weighted by molar-refractivity contribution is 5.50. The van der Waals surface area contributed by atoms with E-state index in [0.29, 0.717) is 12.5 Å². The molecule has 82 valence electrons. The highest BCUT2D eigenvalue weighted by Gasteiger charge is 2.00. The Morgan fingerprint density at radius 2 is 2.07 bits per heavy atom. The molecular formula is C12H22O2. The molecule has 0 saturated carbocycles. The summed E-state index contributed by atoms with van der Waals surface area (Å²) in [4.78, 5) is 9.96. The summed E-state index contributed by atoms with van der Waals surface area (Å²) in [6.45, 7) is 7.41. The van der Waals surface area contributed by atoms with Gasteiger partial charge >= 0.3 is 0 Å². The van der Waals surface area contributed by atoms with Crippen LogP contribution in [0.3, 0.4) is 0 Å². The molecule has 1 atom stereocenters. The van der Waals surface area contributed by atoms with Crippen LogP contribution < -0.4 is 0 Å². The van der Waals surface area contributed by atoms with Crippen molar-refractivity contribution in [2.75, 3.05) is 13.2 Å². The number of hydrogen-bond acceptors (Lipinski definition) is 2. The minimum Gasteiger partial charge on any atom is -0.374 e. The monoisotopic (exact) mass is 198 g/mol. The zero-order chi connectivity index (χ0) is 10.8. The second kappa shape index (κ2) is 8.95. The first kappa shape index (κ1) is 13.4. The van der Waals surface area contributed by atoms with E-state index in [1.54, 1.807) is 0 Å². The highest BCUT2D eigenvalue weighted by atomic mass is 16.5. The molecule has 0 aromatic carbocycles. The Morgan fingerprint density at radius 1 is 1.36 bits per heavy atom. The normalized spacial score (nSPS) is 12.2. The van der Waals surface area contributed by atoms with Crippen molar-refractivity contribution in [3.8, 4) is 0 Å². The van der Waals surface area contributed by atoms with E-state index in [9.17, 15) is 4.79 Å². The van der Waals surface area contributed by atoms with Crippen LogP contribution in [0.25, 0.3) is 0 Å². The lowest BCUT2D eigenvalue weighted by Gasteiger charge is -2.09. The van der Waals surface area contributed by atoms with E-state index in [4.69, 9.17) is 4.74 Å². The summed E-state index contributed by atoms with van der Waals surface area (Å²) in [6.07, 6.45) is 6.47. The van der Waals surface area contributed by atoms with Crippen molar-refractivity contribution in [1.82, 2.24) is 0 Å². The van der Waals surface area contributed by atoms with Crippen LogP contribution in [0.15, 0.2) is 11.6 Å². The smallest absolute Gasteiger partial charge is 0.145 e. The molecule has 0 heterocycles. The Kier molecular flexibility index (Phi) is 8.54. The van der Waals surface area contributed by atoms with Crippen LogP contribution in [0.1, 0.15) is 40.0 Å². The standard InChI is InChI=1S/C12H22O2/c1-11(2)5-4-6-12(3)7-9-14-10-8-13/h5,8,12H,4,6-7,9-10H2,1-3H3/t12-/m0/s1. The summed E-state index contributed by atoms with van der Waals surface area (Å²) in [6, 6.07) is 0. The molecular weight excluding hydrogens is 176 g/mol. The highest BCUT2D eigenvalue weighted by Crippen LogP contribution is 2.11. The average Bonchev–Trinajstić information content (AvgIpc) is 2.12. The van der Waals surface area contributed by atoms with E-state index in [2.05, 4.69) is 26.8 Å². The molecule has 0 spiro atoms. The number of rotatable bonds is 8. The van der Waals surface area contributed by atoms with Gasteiger partial charge < -0.3 is 9.53 Å². The third-order valence-corrected chi connectivity index (χ3v) is 2.15. The number of ether oxygens (including phenoxy) is 1. The van der Waals surface area contributed by atoms with Gasteiger partial charge in [0.15, 0.2) is 0 Å². The maximum absolute atomic E-state index is 9.96. The van der Waals surface area contributed by atoms with Crippen molar-refractivity contribution in [1.29, 1.82) is 0 Å². The summed E-state index contributed by atoms with van der Waals surface area (Å²) in [5.74, 6) is 0.678. The van der Waals surface area contributed by atoms with Gasteiger partial charge in [-0.2, -0.15) is 0 Å². The van der Waals surface area contributed by atoms with Crippen LogP contribution in [0.2, 0.25) is 0 Å². The second-order valence-corrected chi connectivity index (χ2v) is 3.99. The average molecular weight is 198 g/mol. The maximum Gasteiger partial charge on any atom is 0.145 e. The van der Waals surface area contributed by atoms with Crippen molar-refractivity contribution < 1.29 is 9.53 Å². The lowest BCUT2D eigenvalue weighted by Crippen LogP contribution is -2.03. The fourth-order valence-corrected chi connectivity index (χ4v) is 1.22. The SMILES string of the molecule is CC(C)=CCC[C@H](C)CCOCC=O. The Bertz CT molecular complexity index is 169. The third-order valence-electron chi connectivity index (χ3n) is 2.15. The molecule has 0 fully saturated rings. The molecule has 0 aliphatic heterocycles. The van der Waals surface area contributed by atoms with Crippen molar-refractivity contribution in [2.24, 2.45) is 5.92 Å². The minimum absolute atomic E-state index is 0.237. The van der Waals surface area contributed by atoms with Gasteiger partial charge in [-0.15, -0.1) is 0 Å². The van der Waals surface area contributed by atoms with Crippen LogP contribution in [-0.2, 0) is 9.53 Å². The number of allylic oxidation sites excluding steroid dienone is 2. The summed E-state index contributed by atoms with van der Waals surface area (Å²) < 4.78 is 5.10. The fourth-order valence-electron chi connectivity index (χ4n) is 1.22. The van der Waals surface area contributed by atoms with Crippen molar-refractivity contribution in [2.45, 2.75) is 40.0 Å². The topological polar surface area (TPSA) is 26.3 Å². The Labute approximate surface area is 87.3 Å². The molecule has 0 bridgehead atoms. The van der Waals surface area contributed by atoms with Crippen molar-refractivity contribution in [3.05, 3.63) is 11.6 Å². The molecule has 0 amide bonds. The zero-order valence-corrected chi connectivity index (χ0v) is 9.58. The van der Waals surface area contributed by atoms with Gasteiger partial charge in [0, 0.05) is 6.61 Å². The lowest BCUT2D eigenvalue weighted by atomic mass is 10.0. The first-order valence-corrected chi connectivity index (χ1v) is 5.31. The van der Waals surface area contributed by atoms with E-state index in [0.717, 1.165) is 19.1 Å². The Balaban J connectivity index is 3.32. The van der Waals surface area contributed by atoms with Crippen LogP contribution in [0, 0.1) is 5.92 Å². The van der Waals surface area contributed by atoms with Crippen LogP contribution >= 0.6 is 0 Å². The van der Waals surface area contributed by atoms with E-state index in [1.807, 2.05) is 0 Å². The molecule has 0 aliphatic carbocycles. The summed E-state index contributed by atoms with van der Waals surface area (Å²) >= 11 is 0. The van der Waals surface area contributed by atoms with Gasteiger partial charge in [-0.25, -0.2) is 0 Å². The van der Waals surface area contributed by atoms with Gasteiger partial charge in [0.25, 0.3) is 0 Å². The van der Waals surface area contributed by atoms with E-state index in [-0.39, 0.29) is 6.61 Å². The molecule has 0 N–H and O–H groups in total. The largest absolute Gasteiger partial charge is 0.374 e. The molecule has 0 unspecified atom stereocenters. The first-order chi connectivity index (χ1) is 6.66. The number of carbonyl (C=O) groups excluding carboxylic acids is 1. The maximum atomic E-state index is 9.96. The van der Waals surface area contributed by atoms with Gasteiger partial charge in [-0.3, -0.25) is 0 Å². The molecule has 0 aromatic rings. The summed E-state index contributed by atoms with van der Waals surface area (Å²) in [5, 5.41) is 0. The van der Waals surface area contributed by atoms with Crippen LogP contribution in [0.5, 0.6) is 0 Å². The van der Waals surface area contributed by atoms with E-state index >= 15 is 0 Å². The molecule has 0 aromatic heterocycles. The Hall–Kier alpha value is -0.630. The Morgan fingerprint density at radius 3 is 2.64 bits per heavy atom. The summed E-state index contributed by atoms with van der Waals surface area (Å²) in [7, 11) is 0. The molecule has 0 rings (SSSR count). The number of carbonyl (C=O) groups is 1. The zero-order valence-electron chi connectivity index (χ0n) is 9.58. The molecule has 2 nitrogen and oxygen atoms in total. The molecule has 2 heteroatoms. The lowest BCUT2D eigenvalue weighted by molar-refractivity contribution is -0.111. The van der Waals surface area contributed by atoms with Gasteiger partial charge in [0.1, 0.15) is 12.9 Å². The van der Waals surface area contributed by atoms with Gasteiger partial charge in [0.05, 0.1) is 0 Å². The quantitative estimate of drug-likeness (QED) is 0.340. The molecule has 0 radical (unpaired) electrons. The molecule has 0 aliphatic rings. The van der Waals surface area contributed by atoms with Crippen molar-refractivity contribution >= 4 is 6.29 Å². The fraction of sp³-hybridized carbons (Fsp3) is 0.750. The van der Waals surface area contributed by atoms with Gasteiger partial charge in [-0.1, -0.05) is 18.6 Å². The summed E-state index contributed by atoms with van der Waals surface area (Å²) in [5.41, 5.74) is 1.38. The van der Waals surface area contributed by atoms with E-state index in [1.165, 1.54) is 12.0 Å².